The van der Waals surface area contributed by atoms with E-state index in [1.54, 1.807) is 6.26 Å². The molecule has 2 heterocycles. The quantitative estimate of drug-likeness (QED) is 0.326. The lowest BCUT2D eigenvalue weighted by Gasteiger charge is -2.62. The van der Waals surface area contributed by atoms with E-state index in [9.17, 15) is 20.1 Å². The third-order valence-electron chi connectivity index (χ3n) is 7.93. The van der Waals surface area contributed by atoms with Gasteiger partial charge in [0.1, 0.15) is 29.9 Å². The number of nitrogens with zero attached hydrogens (tertiary/aromatic N) is 1. The molecule has 2 unspecified atom stereocenters. The van der Waals surface area contributed by atoms with Gasteiger partial charge in [-0.3, -0.25) is 9.69 Å². The minimum atomic E-state index is -1.31. The van der Waals surface area contributed by atoms with Crippen LogP contribution >= 0.6 is 11.8 Å². The molecule has 31 heavy (non-hydrogen) atoms. The molecule has 178 valence electrons. The topological polar surface area (TPSA) is 114 Å². The number of hydrogen-bond acceptors (Lipinski definition) is 8. The first kappa shape index (κ1) is 23.7. The lowest BCUT2D eigenvalue weighted by molar-refractivity contribution is -0.205. The van der Waals surface area contributed by atoms with Crippen molar-refractivity contribution >= 4 is 17.7 Å². The Labute approximate surface area is 189 Å². The molecule has 3 aliphatic carbocycles. The molecule has 5 N–H and O–H groups in total. The number of ether oxygens (including phenoxy) is 1. The molecule has 0 spiro atoms. The number of rotatable bonds is 9. The van der Waals surface area contributed by atoms with Crippen molar-refractivity contribution in [2.24, 2.45) is 11.8 Å². The maximum absolute atomic E-state index is 13.2. The minimum Gasteiger partial charge on any atom is -0.388 e. The summed E-state index contributed by atoms with van der Waals surface area (Å²) in [4.78, 5) is 15.4. The molecule has 5 aliphatic rings. The second-order valence-electron chi connectivity index (χ2n) is 10.3. The average molecular weight is 458 g/mol. The summed E-state index contributed by atoms with van der Waals surface area (Å²) < 4.78 is 6.01. The predicted octanol–water partition coefficient (Wildman–Crippen LogP) is -0.0957. The molecule has 9 heteroatoms. The van der Waals surface area contributed by atoms with Crippen LogP contribution in [0.25, 0.3) is 0 Å². The Morgan fingerprint density at radius 2 is 1.94 bits per heavy atom. The van der Waals surface area contributed by atoms with Crippen LogP contribution in [0.2, 0.25) is 0 Å². The van der Waals surface area contributed by atoms with Crippen molar-refractivity contribution in [1.29, 1.82) is 0 Å². The highest BCUT2D eigenvalue weighted by atomic mass is 32.2. The van der Waals surface area contributed by atoms with Crippen molar-refractivity contribution in [2.75, 3.05) is 26.4 Å². The lowest BCUT2D eigenvalue weighted by atomic mass is 9.50. The van der Waals surface area contributed by atoms with E-state index in [4.69, 9.17) is 4.74 Å². The van der Waals surface area contributed by atoms with Crippen molar-refractivity contribution in [3.05, 3.63) is 0 Å². The first-order valence-electron chi connectivity index (χ1n) is 11.7. The van der Waals surface area contributed by atoms with Gasteiger partial charge in [0.25, 0.3) is 0 Å². The summed E-state index contributed by atoms with van der Waals surface area (Å²) in [5.74, 6) is 1.30. The van der Waals surface area contributed by atoms with Crippen LogP contribution in [0.3, 0.4) is 0 Å². The van der Waals surface area contributed by atoms with Gasteiger partial charge in [-0.15, -0.1) is 11.8 Å². The van der Waals surface area contributed by atoms with Gasteiger partial charge in [0.15, 0.2) is 0 Å². The molecule has 1 amide bonds. The predicted molar refractivity (Wildman–Crippen MR) is 120 cm³/mol. The van der Waals surface area contributed by atoms with Crippen LogP contribution in [-0.4, -0.2) is 100.0 Å². The smallest absolute Gasteiger partial charge is 0.237 e. The summed E-state index contributed by atoms with van der Waals surface area (Å²) >= 11 is 1.29. The normalized spacial score (nSPS) is 45.6. The van der Waals surface area contributed by atoms with E-state index in [2.05, 4.69) is 22.5 Å². The van der Waals surface area contributed by atoms with Gasteiger partial charge in [-0.05, 0) is 57.2 Å². The highest BCUT2D eigenvalue weighted by Gasteiger charge is 2.57. The number of aliphatic hydroxyl groups excluding tert-OH is 3. The summed E-state index contributed by atoms with van der Waals surface area (Å²) in [6.07, 6.45) is 3.82. The summed E-state index contributed by atoms with van der Waals surface area (Å²) in [7, 11) is 1.99. The number of amides is 1. The number of aliphatic hydroxyl groups is 3. The first-order valence-corrected chi connectivity index (χ1v) is 13.0. The van der Waals surface area contributed by atoms with Gasteiger partial charge in [-0.2, -0.15) is 0 Å². The molecule has 2 bridgehead atoms. The molecule has 0 aromatic heterocycles. The highest BCUT2D eigenvalue weighted by Crippen LogP contribution is 2.56. The average Bonchev–Trinajstić information content (AvgIpc) is 3.04. The Balaban J connectivity index is 1.45. The molecule has 0 aromatic rings. The number of thioether (sulfide) groups is 1. The standard InChI is InChI=1S/C22H39N3O5S/c1-4-5-12-6-15(25(2)11-12)20(29)24-14(10-23-22-7-13(8-22)9-22)19-17(27)16(26)18(28)21(30-19)31-3/h12-19,21,23,26-28H,4-11H2,1-3H3,(H,24,29)/t12-,13?,14-,15+,16-,17?,18-,19-,21?,22?/m1/s1. The van der Waals surface area contributed by atoms with E-state index >= 15 is 0 Å². The third-order valence-corrected chi connectivity index (χ3v) is 8.79. The Hall–Kier alpha value is -0.420. The van der Waals surface area contributed by atoms with Crippen LogP contribution in [-0.2, 0) is 9.53 Å². The maximum atomic E-state index is 13.2. The van der Waals surface area contributed by atoms with Gasteiger partial charge in [-0.1, -0.05) is 13.3 Å². The third kappa shape index (κ3) is 4.65. The molecule has 0 aromatic carbocycles. The van der Waals surface area contributed by atoms with E-state index in [1.807, 2.05) is 7.05 Å². The minimum absolute atomic E-state index is 0.0531. The number of carbonyl (C=O) groups excluding carboxylic acids is 1. The second kappa shape index (κ2) is 9.44. The summed E-state index contributed by atoms with van der Waals surface area (Å²) in [5, 5.41) is 38.1. The van der Waals surface area contributed by atoms with E-state index in [0.29, 0.717) is 12.5 Å². The molecular formula is C22H39N3O5S. The van der Waals surface area contributed by atoms with Crippen LogP contribution in [0.5, 0.6) is 0 Å². The van der Waals surface area contributed by atoms with Crippen LogP contribution in [0.4, 0.5) is 0 Å². The molecule has 8 nitrogen and oxygen atoms in total. The van der Waals surface area contributed by atoms with Gasteiger partial charge in [0, 0.05) is 18.6 Å². The molecule has 0 radical (unpaired) electrons. The summed E-state index contributed by atoms with van der Waals surface area (Å²) in [6, 6.07) is -0.687. The second-order valence-corrected chi connectivity index (χ2v) is 11.2. The maximum Gasteiger partial charge on any atom is 0.237 e. The monoisotopic (exact) mass is 457 g/mol. The van der Waals surface area contributed by atoms with E-state index < -0.39 is 35.9 Å². The van der Waals surface area contributed by atoms with Crippen molar-refractivity contribution in [1.82, 2.24) is 15.5 Å². The number of likely N-dealkylation sites (tertiary alicyclic amines) is 1. The van der Waals surface area contributed by atoms with Crippen molar-refractivity contribution < 1.29 is 24.9 Å². The molecule has 5 fully saturated rings. The van der Waals surface area contributed by atoms with Crippen molar-refractivity contribution in [2.45, 2.75) is 92.9 Å². The zero-order chi connectivity index (χ0) is 22.3. The molecule has 2 aliphatic heterocycles. The van der Waals surface area contributed by atoms with Crippen LogP contribution < -0.4 is 10.6 Å². The van der Waals surface area contributed by atoms with Gasteiger partial charge < -0.3 is 30.7 Å². The van der Waals surface area contributed by atoms with Crippen LogP contribution in [0, 0.1) is 11.8 Å². The van der Waals surface area contributed by atoms with Crippen LogP contribution in [0.1, 0.15) is 45.4 Å². The Bertz CT molecular complexity index is 636. The summed E-state index contributed by atoms with van der Waals surface area (Å²) in [5.41, 5.74) is -0.485. The first-order chi connectivity index (χ1) is 14.8. The van der Waals surface area contributed by atoms with Gasteiger partial charge in [0.05, 0.1) is 12.1 Å². The highest BCUT2D eigenvalue weighted by molar-refractivity contribution is 7.99. The largest absolute Gasteiger partial charge is 0.388 e. The Kier molecular flexibility index (Phi) is 7.23. The fourth-order valence-electron chi connectivity index (χ4n) is 5.98. The Morgan fingerprint density at radius 3 is 2.52 bits per heavy atom. The van der Waals surface area contributed by atoms with E-state index in [1.165, 1.54) is 31.0 Å². The number of nitrogens with one attached hydrogen (secondary N) is 2. The van der Waals surface area contributed by atoms with Crippen molar-refractivity contribution in [3.63, 3.8) is 0 Å². The summed E-state index contributed by atoms with van der Waals surface area (Å²) in [6.45, 7) is 3.56. The van der Waals surface area contributed by atoms with E-state index in [0.717, 1.165) is 31.7 Å². The van der Waals surface area contributed by atoms with Crippen molar-refractivity contribution in [3.8, 4) is 0 Å². The Morgan fingerprint density at radius 1 is 1.23 bits per heavy atom. The van der Waals surface area contributed by atoms with Gasteiger partial charge in [-0.25, -0.2) is 0 Å². The van der Waals surface area contributed by atoms with E-state index in [-0.39, 0.29) is 17.5 Å². The molecular weight excluding hydrogens is 418 g/mol. The van der Waals surface area contributed by atoms with Crippen LogP contribution in [0.15, 0.2) is 0 Å². The number of carbonyl (C=O) groups is 1. The molecule has 8 atom stereocenters. The van der Waals surface area contributed by atoms with Gasteiger partial charge in [0.2, 0.25) is 5.91 Å². The zero-order valence-corrected chi connectivity index (χ0v) is 19.7. The number of likely N-dealkylation sites (N-methyl/N-ethyl adjacent to an activating group) is 1. The molecule has 2 saturated heterocycles. The fraction of sp³-hybridized carbons (Fsp3) is 0.955. The zero-order valence-electron chi connectivity index (χ0n) is 18.9. The molecule has 3 saturated carbocycles. The number of hydrogen-bond donors (Lipinski definition) is 5. The fourth-order valence-corrected chi connectivity index (χ4v) is 6.66. The molecule has 5 rings (SSSR count). The SMILES string of the molecule is CCC[C@@H]1C[C@@H](C(=O)N[C@H](CNC23CC(C2)C3)[C@H]2OC(SC)[C@H](O)[C@H](O)C2O)N(C)C1. The van der Waals surface area contributed by atoms with Gasteiger partial charge >= 0.3 is 0 Å². The lowest BCUT2D eigenvalue weighted by Crippen LogP contribution is -2.71.